The number of rotatable bonds is 4. The van der Waals surface area contributed by atoms with E-state index >= 15 is 0 Å². The maximum absolute atomic E-state index is 12.0. The van der Waals surface area contributed by atoms with E-state index in [-0.39, 0.29) is 30.0 Å². The van der Waals surface area contributed by atoms with Crippen molar-refractivity contribution in [2.75, 3.05) is 19.3 Å². The molecule has 2 rings (SSSR count). The molecule has 1 aliphatic heterocycles. The number of carbonyl (C=O) groups excluding carboxylic acids is 1. The van der Waals surface area contributed by atoms with Gasteiger partial charge in [-0.3, -0.25) is 14.9 Å². The molecule has 0 spiro atoms. The molecule has 110 valence electrons. The Bertz CT molecular complexity index is 507. The number of hydrogen-bond donors (Lipinski definition) is 2. The molecule has 1 heterocycles. The smallest absolute Gasteiger partial charge is 0.283 e. The molecule has 0 aliphatic carbocycles. The number of nitro benzene ring substituents is 1. The van der Waals surface area contributed by atoms with Crippen molar-refractivity contribution < 1.29 is 9.72 Å². The highest BCUT2D eigenvalue weighted by atomic mass is 35.5. The number of nitrogens with zero attached hydrogens (tertiary/aromatic N) is 1. The van der Waals surface area contributed by atoms with E-state index in [0.717, 1.165) is 19.5 Å². The molecule has 0 bridgehead atoms. The minimum atomic E-state index is -0.459. The summed E-state index contributed by atoms with van der Waals surface area (Å²) in [6, 6.07) is 4.68. The van der Waals surface area contributed by atoms with Crippen molar-refractivity contribution in [3.05, 3.63) is 33.9 Å². The molecular formula is C12H16ClN3O3S. The van der Waals surface area contributed by atoms with Crippen molar-refractivity contribution in [1.82, 2.24) is 10.6 Å². The Kier molecular flexibility index (Phi) is 6.25. The minimum absolute atomic E-state index is 0. The van der Waals surface area contributed by atoms with Crippen molar-refractivity contribution in [1.29, 1.82) is 0 Å². The van der Waals surface area contributed by atoms with E-state index in [4.69, 9.17) is 0 Å². The van der Waals surface area contributed by atoms with Gasteiger partial charge >= 0.3 is 0 Å². The number of nitrogens with one attached hydrogen (secondary N) is 2. The van der Waals surface area contributed by atoms with Gasteiger partial charge in [0.1, 0.15) is 0 Å². The Balaban J connectivity index is 0.00000200. The van der Waals surface area contributed by atoms with Gasteiger partial charge in [-0.1, -0.05) is 0 Å². The van der Waals surface area contributed by atoms with Gasteiger partial charge in [-0.2, -0.15) is 0 Å². The Morgan fingerprint density at radius 2 is 2.30 bits per heavy atom. The Labute approximate surface area is 127 Å². The third-order valence-corrected chi connectivity index (χ3v) is 3.82. The molecule has 2 N–H and O–H groups in total. The van der Waals surface area contributed by atoms with Crippen LogP contribution in [0.4, 0.5) is 5.69 Å². The minimum Gasteiger partial charge on any atom is -0.348 e. The Hall–Kier alpha value is -1.31. The van der Waals surface area contributed by atoms with E-state index in [2.05, 4.69) is 10.6 Å². The topological polar surface area (TPSA) is 84.3 Å². The normalized spacial score (nSPS) is 17.4. The zero-order valence-corrected chi connectivity index (χ0v) is 12.6. The summed E-state index contributed by atoms with van der Waals surface area (Å²) in [4.78, 5) is 23.1. The van der Waals surface area contributed by atoms with Gasteiger partial charge in [-0.15, -0.1) is 24.2 Å². The molecule has 1 aromatic rings. The van der Waals surface area contributed by atoms with Gasteiger partial charge in [0.05, 0.1) is 9.82 Å². The van der Waals surface area contributed by atoms with Crippen LogP contribution >= 0.6 is 24.2 Å². The number of benzene rings is 1. The van der Waals surface area contributed by atoms with Crippen LogP contribution in [-0.2, 0) is 0 Å². The summed E-state index contributed by atoms with van der Waals surface area (Å²) >= 11 is 1.29. The molecule has 20 heavy (non-hydrogen) atoms. The average Bonchev–Trinajstić information content (AvgIpc) is 2.90. The van der Waals surface area contributed by atoms with Crippen LogP contribution in [-0.4, -0.2) is 36.2 Å². The lowest BCUT2D eigenvalue weighted by atomic mass is 10.1. The number of thioether (sulfide) groups is 1. The van der Waals surface area contributed by atoms with E-state index in [1.807, 2.05) is 0 Å². The summed E-state index contributed by atoms with van der Waals surface area (Å²) < 4.78 is 0. The fourth-order valence-electron chi connectivity index (χ4n) is 2.02. The number of amides is 1. The van der Waals surface area contributed by atoms with E-state index < -0.39 is 4.92 Å². The number of carbonyl (C=O) groups is 1. The maximum atomic E-state index is 12.0. The predicted octanol–water partition coefficient (Wildman–Crippen LogP) is 1.83. The summed E-state index contributed by atoms with van der Waals surface area (Å²) in [7, 11) is 0. The van der Waals surface area contributed by atoms with Crippen LogP contribution in [0.1, 0.15) is 16.8 Å². The zero-order chi connectivity index (χ0) is 13.8. The second kappa shape index (κ2) is 7.47. The monoisotopic (exact) mass is 317 g/mol. The highest BCUT2D eigenvalue weighted by Gasteiger charge is 2.20. The third kappa shape index (κ3) is 3.84. The predicted molar refractivity (Wildman–Crippen MR) is 80.9 cm³/mol. The molecule has 8 heteroatoms. The molecular weight excluding hydrogens is 302 g/mol. The van der Waals surface area contributed by atoms with Crippen LogP contribution in [0, 0.1) is 10.1 Å². The van der Waals surface area contributed by atoms with Gasteiger partial charge in [0, 0.05) is 24.2 Å². The van der Waals surface area contributed by atoms with Crippen molar-refractivity contribution in [2.45, 2.75) is 17.4 Å². The van der Waals surface area contributed by atoms with Crippen LogP contribution in [0.25, 0.3) is 0 Å². The van der Waals surface area contributed by atoms with Crippen molar-refractivity contribution >= 4 is 35.8 Å². The standard InChI is InChI=1S/C12H15N3O3S.ClH/c1-19-11-3-2-8(6-10(11)15(17)18)12(16)14-9-4-5-13-7-9;/h2-3,6,9,13H,4-5,7H2,1H3,(H,14,16);1H. The first kappa shape index (κ1) is 16.7. The van der Waals surface area contributed by atoms with Crippen LogP contribution in [0.15, 0.2) is 23.1 Å². The molecule has 0 radical (unpaired) electrons. The molecule has 1 atom stereocenters. The SMILES string of the molecule is CSc1ccc(C(=O)NC2CCNC2)cc1[N+](=O)[O-].Cl. The summed E-state index contributed by atoms with van der Waals surface area (Å²) in [5.41, 5.74) is 0.307. The molecule has 0 saturated carbocycles. The fourth-order valence-corrected chi connectivity index (χ4v) is 2.57. The quantitative estimate of drug-likeness (QED) is 0.503. The zero-order valence-electron chi connectivity index (χ0n) is 10.9. The van der Waals surface area contributed by atoms with E-state index in [1.54, 1.807) is 18.4 Å². The molecule has 1 saturated heterocycles. The number of nitro groups is 1. The first-order chi connectivity index (χ1) is 9.11. The van der Waals surface area contributed by atoms with Crippen molar-refractivity contribution in [3.63, 3.8) is 0 Å². The van der Waals surface area contributed by atoms with Crippen molar-refractivity contribution in [2.24, 2.45) is 0 Å². The highest BCUT2D eigenvalue weighted by molar-refractivity contribution is 7.98. The summed E-state index contributed by atoms with van der Waals surface area (Å²) in [6.07, 6.45) is 2.66. The summed E-state index contributed by atoms with van der Waals surface area (Å²) in [5.74, 6) is -0.260. The second-order valence-electron chi connectivity index (χ2n) is 4.31. The average molecular weight is 318 g/mol. The molecule has 1 unspecified atom stereocenters. The first-order valence-electron chi connectivity index (χ1n) is 5.96. The van der Waals surface area contributed by atoms with Gasteiger partial charge in [0.2, 0.25) is 0 Å². The molecule has 0 aromatic heterocycles. The molecule has 1 fully saturated rings. The van der Waals surface area contributed by atoms with Crippen LogP contribution < -0.4 is 10.6 Å². The largest absolute Gasteiger partial charge is 0.348 e. The van der Waals surface area contributed by atoms with E-state index in [1.165, 1.54) is 17.8 Å². The fraction of sp³-hybridized carbons (Fsp3) is 0.417. The second-order valence-corrected chi connectivity index (χ2v) is 5.15. The highest BCUT2D eigenvalue weighted by Crippen LogP contribution is 2.28. The van der Waals surface area contributed by atoms with Gasteiger partial charge < -0.3 is 10.6 Å². The summed E-state index contributed by atoms with van der Waals surface area (Å²) in [6.45, 7) is 1.63. The lowest BCUT2D eigenvalue weighted by molar-refractivity contribution is -0.387. The number of halogens is 1. The van der Waals surface area contributed by atoms with Crippen LogP contribution in [0.3, 0.4) is 0 Å². The van der Waals surface area contributed by atoms with Crippen molar-refractivity contribution in [3.8, 4) is 0 Å². The Morgan fingerprint density at radius 3 is 2.85 bits per heavy atom. The lowest BCUT2D eigenvalue weighted by Gasteiger charge is -2.11. The van der Waals surface area contributed by atoms with Gasteiger partial charge in [0.25, 0.3) is 11.6 Å². The lowest BCUT2D eigenvalue weighted by Crippen LogP contribution is -2.36. The van der Waals surface area contributed by atoms with E-state index in [0.29, 0.717) is 10.5 Å². The molecule has 1 aliphatic rings. The first-order valence-corrected chi connectivity index (χ1v) is 7.18. The van der Waals surface area contributed by atoms with Gasteiger partial charge in [0.15, 0.2) is 0 Å². The van der Waals surface area contributed by atoms with Gasteiger partial charge in [-0.25, -0.2) is 0 Å². The molecule has 1 amide bonds. The third-order valence-electron chi connectivity index (χ3n) is 3.03. The number of hydrogen-bond acceptors (Lipinski definition) is 5. The molecule has 6 nitrogen and oxygen atoms in total. The van der Waals surface area contributed by atoms with E-state index in [9.17, 15) is 14.9 Å². The Morgan fingerprint density at radius 1 is 1.55 bits per heavy atom. The van der Waals surface area contributed by atoms with Crippen LogP contribution in [0.2, 0.25) is 0 Å². The van der Waals surface area contributed by atoms with Crippen LogP contribution in [0.5, 0.6) is 0 Å². The molecule has 1 aromatic carbocycles. The maximum Gasteiger partial charge on any atom is 0.283 e. The van der Waals surface area contributed by atoms with Gasteiger partial charge in [-0.05, 0) is 31.4 Å². The summed E-state index contributed by atoms with van der Waals surface area (Å²) in [5, 5.41) is 17.0.